The first-order chi connectivity index (χ1) is 8.91. The normalized spacial score (nSPS) is 12.9. The number of carboxylic acid groups (broad SMARTS) is 1. The maximum absolute atomic E-state index is 13.6. The second kappa shape index (κ2) is 4.87. The number of nitrogens with one attached hydrogen (secondary N) is 1. The minimum Gasteiger partial charge on any atom is -0.480 e. The molecule has 0 aliphatic rings. The number of rotatable bonds is 4. The van der Waals surface area contributed by atoms with Gasteiger partial charge in [0.05, 0.1) is 5.52 Å². The average molecular weight is 265 g/mol. The number of benzene rings is 1. The molecule has 5 nitrogen and oxygen atoms in total. The van der Waals surface area contributed by atoms with Crippen LogP contribution in [0.3, 0.4) is 0 Å². The summed E-state index contributed by atoms with van der Waals surface area (Å²) in [5.41, 5.74) is 0.857. The molecule has 1 heterocycles. The van der Waals surface area contributed by atoms with Gasteiger partial charge in [-0.15, -0.1) is 0 Å². The van der Waals surface area contributed by atoms with Crippen LogP contribution in [0.4, 0.5) is 10.3 Å². The predicted octanol–water partition coefficient (Wildman–Crippen LogP) is 2.23. The van der Waals surface area contributed by atoms with Gasteiger partial charge in [0.2, 0.25) is 5.95 Å². The molecule has 0 fully saturated rings. The van der Waals surface area contributed by atoms with Crippen LogP contribution < -0.4 is 5.32 Å². The fourth-order valence-electron chi connectivity index (χ4n) is 1.96. The van der Waals surface area contributed by atoms with Gasteiger partial charge in [-0.25, -0.2) is 14.2 Å². The Kier molecular flexibility index (Phi) is 3.42. The number of nitrogens with zero attached hydrogens (tertiary/aromatic N) is 2. The van der Waals surface area contributed by atoms with Crippen molar-refractivity contribution in [1.82, 2.24) is 9.55 Å². The van der Waals surface area contributed by atoms with Crippen LogP contribution in [0.2, 0.25) is 0 Å². The maximum Gasteiger partial charge on any atom is 0.326 e. The van der Waals surface area contributed by atoms with E-state index in [1.165, 1.54) is 6.07 Å². The van der Waals surface area contributed by atoms with Crippen molar-refractivity contribution in [3.63, 3.8) is 0 Å². The van der Waals surface area contributed by atoms with Gasteiger partial charge in [0.15, 0.2) is 5.82 Å². The van der Waals surface area contributed by atoms with Gasteiger partial charge in [-0.1, -0.05) is 19.9 Å². The molecule has 6 heteroatoms. The van der Waals surface area contributed by atoms with E-state index in [2.05, 4.69) is 10.3 Å². The molecule has 1 aromatic carbocycles. The number of aromatic nitrogens is 2. The van der Waals surface area contributed by atoms with Crippen LogP contribution >= 0.6 is 0 Å². The molecule has 0 amide bonds. The molecular formula is C13H16FN3O2. The number of carboxylic acids is 1. The third kappa shape index (κ3) is 2.38. The molecule has 1 aromatic heterocycles. The molecule has 0 saturated heterocycles. The van der Waals surface area contributed by atoms with Crippen LogP contribution in [0, 0.1) is 11.7 Å². The molecule has 0 aliphatic heterocycles. The molecule has 0 spiro atoms. The lowest BCUT2D eigenvalue weighted by Gasteiger charge is -2.18. The summed E-state index contributed by atoms with van der Waals surface area (Å²) in [5, 5.41) is 12.0. The summed E-state index contributed by atoms with van der Waals surface area (Å²) < 4.78 is 15.3. The number of carbonyl (C=O) groups is 1. The van der Waals surface area contributed by atoms with E-state index < -0.39 is 17.8 Å². The van der Waals surface area contributed by atoms with Crippen molar-refractivity contribution < 1.29 is 14.3 Å². The highest BCUT2D eigenvalue weighted by Gasteiger charge is 2.23. The van der Waals surface area contributed by atoms with Crippen molar-refractivity contribution in [2.45, 2.75) is 19.9 Å². The van der Waals surface area contributed by atoms with Gasteiger partial charge in [0, 0.05) is 7.05 Å². The van der Waals surface area contributed by atoms with Crippen LogP contribution in [-0.4, -0.2) is 26.7 Å². The quantitative estimate of drug-likeness (QED) is 0.889. The van der Waals surface area contributed by atoms with Crippen LogP contribution in [0.15, 0.2) is 18.2 Å². The predicted molar refractivity (Wildman–Crippen MR) is 70.6 cm³/mol. The van der Waals surface area contributed by atoms with E-state index in [0.717, 1.165) is 0 Å². The zero-order chi connectivity index (χ0) is 14.2. The van der Waals surface area contributed by atoms with E-state index >= 15 is 0 Å². The SMILES string of the molecule is CC(C)[C@@H](Nc1nc2c(F)cccc2n1C)C(=O)O. The number of hydrogen-bond donors (Lipinski definition) is 2. The van der Waals surface area contributed by atoms with E-state index in [0.29, 0.717) is 11.5 Å². The van der Waals surface area contributed by atoms with E-state index in [1.807, 2.05) is 0 Å². The minimum atomic E-state index is -0.956. The fourth-order valence-corrected chi connectivity index (χ4v) is 1.96. The van der Waals surface area contributed by atoms with Gasteiger partial charge < -0.3 is 15.0 Å². The average Bonchev–Trinajstić information content (AvgIpc) is 2.64. The summed E-state index contributed by atoms with van der Waals surface area (Å²) in [4.78, 5) is 15.3. The Bertz CT molecular complexity index is 622. The second-order valence-corrected chi connectivity index (χ2v) is 4.81. The van der Waals surface area contributed by atoms with Crippen molar-refractivity contribution in [2.75, 3.05) is 5.32 Å². The molecule has 1 atom stereocenters. The van der Waals surface area contributed by atoms with E-state index in [1.54, 1.807) is 37.6 Å². The van der Waals surface area contributed by atoms with Gasteiger partial charge in [-0.2, -0.15) is 0 Å². The molecule has 19 heavy (non-hydrogen) atoms. The summed E-state index contributed by atoms with van der Waals surface area (Å²) >= 11 is 0. The lowest BCUT2D eigenvalue weighted by Crippen LogP contribution is -2.35. The first kappa shape index (κ1) is 13.3. The smallest absolute Gasteiger partial charge is 0.326 e. The molecule has 0 radical (unpaired) electrons. The molecule has 2 aromatic rings. The number of imidazole rings is 1. The second-order valence-electron chi connectivity index (χ2n) is 4.81. The summed E-state index contributed by atoms with van der Waals surface area (Å²) in [6, 6.07) is 3.90. The number of para-hydroxylation sites is 1. The van der Waals surface area contributed by atoms with Crippen LogP contribution in [-0.2, 0) is 11.8 Å². The molecule has 0 aliphatic carbocycles. The summed E-state index contributed by atoms with van der Waals surface area (Å²) in [6.45, 7) is 3.60. The zero-order valence-electron chi connectivity index (χ0n) is 11.0. The van der Waals surface area contributed by atoms with Crippen molar-refractivity contribution in [3.8, 4) is 0 Å². The third-order valence-corrected chi connectivity index (χ3v) is 3.08. The van der Waals surface area contributed by atoms with Crippen molar-refractivity contribution in [1.29, 1.82) is 0 Å². The zero-order valence-corrected chi connectivity index (χ0v) is 11.0. The Morgan fingerprint density at radius 3 is 2.68 bits per heavy atom. The lowest BCUT2D eigenvalue weighted by atomic mass is 10.1. The highest BCUT2D eigenvalue weighted by atomic mass is 19.1. The Hall–Kier alpha value is -2.11. The molecule has 0 saturated carbocycles. The summed E-state index contributed by atoms with van der Waals surface area (Å²) in [5.74, 6) is -1.14. The fraction of sp³-hybridized carbons (Fsp3) is 0.385. The molecule has 102 valence electrons. The largest absolute Gasteiger partial charge is 0.480 e. The van der Waals surface area contributed by atoms with Crippen LogP contribution in [0.5, 0.6) is 0 Å². The van der Waals surface area contributed by atoms with Gasteiger partial charge >= 0.3 is 5.97 Å². The van der Waals surface area contributed by atoms with Gasteiger partial charge in [-0.05, 0) is 18.1 Å². The Balaban J connectivity index is 2.43. The number of fused-ring (bicyclic) bond motifs is 1. The van der Waals surface area contributed by atoms with Gasteiger partial charge in [0.1, 0.15) is 11.6 Å². The maximum atomic E-state index is 13.6. The molecule has 0 unspecified atom stereocenters. The number of halogens is 1. The minimum absolute atomic E-state index is 0.109. The topological polar surface area (TPSA) is 67.2 Å². The lowest BCUT2D eigenvalue weighted by molar-refractivity contribution is -0.138. The van der Waals surface area contributed by atoms with Crippen LogP contribution in [0.1, 0.15) is 13.8 Å². The summed E-state index contributed by atoms with van der Waals surface area (Å²) in [6.07, 6.45) is 0. The van der Waals surface area contributed by atoms with E-state index in [4.69, 9.17) is 5.11 Å². The Labute approximate surface area is 110 Å². The highest BCUT2D eigenvalue weighted by Crippen LogP contribution is 2.22. The Morgan fingerprint density at radius 1 is 1.47 bits per heavy atom. The van der Waals surface area contributed by atoms with Gasteiger partial charge in [-0.3, -0.25) is 0 Å². The monoisotopic (exact) mass is 265 g/mol. The van der Waals surface area contributed by atoms with Gasteiger partial charge in [0.25, 0.3) is 0 Å². The molecule has 2 N–H and O–H groups in total. The molecule has 2 rings (SSSR count). The number of aliphatic carboxylic acids is 1. The molecular weight excluding hydrogens is 249 g/mol. The van der Waals surface area contributed by atoms with Crippen molar-refractivity contribution in [3.05, 3.63) is 24.0 Å². The standard InChI is InChI=1S/C13H16FN3O2/c1-7(2)10(12(18)19)15-13-16-11-8(14)5-4-6-9(11)17(13)3/h4-7,10H,1-3H3,(H,15,16)(H,18,19)/t10-/m1/s1. The first-order valence-electron chi connectivity index (χ1n) is 6.02. The summed E-state index contributed by atoms with van der Waals surface area (Å²) in [7, 11) is 1.72. The van der Waals surface area contributed by atoms with Crippen LogP contribution in [0.25, 0.3) is 11.0 Å². The number of anilines is 1. The van der Waals surface area contributed by atoms with Crippen molar-refractivity contribution >= 4 is 23.0 Å². The van der Waals surface area contributed by atoms with Crippen molar-refractivity contribution in [2.24, 2.45) is 13.0 Å². The number of hydrogen-bond acceptors (Lipinski definition) is 3. The highest BCUT2D eigenvalue weighted by molar-refractivity contribution is 5.81. The number of aryl methyl sites for hydroxylation is 1. The van der Waals surface area contributed by atoms with E-state index in [9.17, 15) is 9.18 Å². The Morgan fingerprint density at radius 2 is 2.16 bits per heavy atom. The third-order valence-electron chi connectivity index (χ3n) is 3.08. The van der Waals surface area contributed by atoms with E-state index in [-0.39, 0.29) is 11.4 Å². The molecule has 0 bridgehead atoms. The first-order valence-corrected chi connectivity index (χ1v) is 6.02.